The number of benzene rings is 4. The number of fused-ring (bicyclic) bond motifs is 6. The molecule has 2 aliphatic carbocycles. The van der Waals surface area contributed by atoms with Crippen LogP contribution in [-0.2, 0) is 12.8 Å². The molecule has 4 aromatic rings. The maximum Gasteiger partial charge on any atom is -0.00135 e. The third-order valence-corrected chi connectivity index (χ3v) is 5.41. The van der Waals surface area contributed by atoms with Gasteiger partial charge in [0.2, 0.25) is 0 Å². The van der Waals surface area contributed by atoms with Crippen LogP contribution in [0.3, 0.4) is 0 Å². The lowest BCUT2D eigenvalue weighted by molar-refractivity contribution is 1.26. The minimum absolute atomic E-state index is 1.10. The van der Waals surface area contributed by atoms with Gasteiger partial charge in [0.1, 0.15) is 0 Å². The standard InChI is InChI=1S/2C13H10.C3H6.C2H4/c2*1-3-7-12-10(5-1)9-11-6-2-4-8-13(11)12;1-3-2;1-2/h2*1-8H,9H2;3H,1H2,2H3;1-2H2. The molecule has 0 nitrogen and oxygen atoms in total. The van der Waals surface area contributed by atoms with Gasteiger partial charge in [0.05, 0.1) is 0 Å². The Hall–Kier alpha value is -3.64. The van der Waals surface area contributed by atoms with Crippen LogP contribution in [0.1, 0.15) is 29.2 Å². The van der Waals surface area contributed by atoms with Gasteiger partial charge < -0.3 is 0 Å². The van der Waals surface area contributed by atoms with Crippen molar-refractivity contribution >= 4 is 0 Å². The van der Waals surface area contributed by atoms with Crippen LogP contribution in [0.4, 0.5) is 0 Å². The van der Waals surface area contributed by atoms with Crippen LogP contribution in [0.25, 0.3) is 22.3 Å². The van der Waals surface area contributed by atoms with Gasteiger partial charge in [-0.3, -0.25) is 0 Å². The topological polar surface area (TPSA) is 0 Å². The molecule has 6 rings (SSSR count). The van der Waals surface area contributed by atoms with Gasteiger partial charge in [0, 0.05) is 0 Å². The van der Waals surface area contributed by atoms with Crippen molar-refractivity contribution in [2.45, 2.75) is 19.8 Å². The average Bonchev–Trinajstić information content (AvgIpc) is 3.40. The Morgan fingerprint density at radius 3 is 0.903 bits per heavy atom. The van der Waals surface area contributed by atoms with E-state index in [2.05, 4.69) is 117 Å². The van der Waals surface area contributed by atoms with Crippen LogP contribution in [0.5, 0.6) is 0 Å². The monoisotopic (exact) mass is 402 g/mol. The lowest BCUT2D eigenvalue weighted by Crippen LogP contribution is -1.77. The largest absolute Gasteiger partial charge is 0.106 e. The molecule has 0 saturated carbocycles. The van der Waals surface area contributed by atoms with Crippen LogP contribution in [0.2, 0.25) is 0 Å². The number of hydrogen-bond donors (Lipinski definition) is 0. The molecule has 0 spiro atoms. The summed E-state index contributed by atoms with van der Waals surface area (Å²) in [5, 5.41) is 0. The third kappa shape index (κ3) is 4.92. The molecule has 0 radical (unpaired) electrons. The molecule has 0 unspecified atom stereocenters. The van der Waals surface area contributed by atoms with Gasteiger partial charge in [-0.05, 0) is 64.3 Å². The number of hydrogen-bond acceptors (Lipinski definition) is 0. The van der Waals surface area contributed by atoms with Crippen LogP contribution < -0.4 is 0 Å². The van der Waals surface area contributed by atoms with E-state index in [0.29, 0.717) is 0 Å². The molecule has 2 aliphatic rings. The molecule has 0 atom stereocenters. The Morgan fingerprint density at radius 1 is 0.484 bits per heavy atom. The van der Waals surface area contributed by atoms with Gasteiger partial charge in [-0.1, -0.05) is 103 Å². The van der Waals surface area contributed by atoms with Crippen molar-refractivity contribution in [2.24, 2.45) is 0 Å². The van der Waals surface area contributed by atoms with E-state index < -0.39 is 0 Å². The van der Waals surface area contributed by atoms with Gasteiger partial charge in [0.15, 0.2) is 0 Å². The molecule has 4 aromatic carbocycles. The van der Waals surface area contributed by atoms with Crippen LogP contribution in [-0.4, -0.2) is 0 Å². The SMILES string of the molecule is C=C.C=CC.c1ccc2c(c1)Cc1ccccc1-2.c1ccc2c(c1)Cc1ccccc1-2. The first-order valence-electron chi connectivity index (χ1n) is 10.7. The summed E-state index contributed by atoms with van der Waals surface area (Å²) in [6, 6.07) is 34.6. The Labute approximate surface area is 187 Å². The van der Waals surface area contributed by atoms with Gasteiger partial charge in [-0.2, -0.15) is 0 Å². The van der Waals surface area contributed by atoms with E-state index in [-0.39, 0.29) is 0 Å². The van der Waals surface area contributed by atoms with E-state index in [1.807, 2.05) is 6.92 Å². The molecule has 0 fully saturated rings. The molecule has 0 heterocycles. The minimum Gasteiger partial charge on any atom is -0.106 e. The quantitative estimate of drug-likeness (QED) is 0.223. The summed E-state index contributed by atoms with van der Waals surface area (Å²) in [4.78, 5) is 0. The van der Waals surface area contributed by atoms with Crippen LogP contribution in [0.15, 0.2) is 123 Å². The van der Waals surface area contributed by atoms with E-state index in [1.54, 1.807) is 6.08 Å². The second kappa shape index (κ2) is 10.9. The van der Waals surface area contributed by atoms with Crippen molar-refractivity contribution in [3.8, 4) is 22.3 Å². The zero-order valence-electron chi connectivity index (χ0n) is 18.4. The van der Waals surface area contributed by atoms with E-state index in [9.17, 15) is 0 Å². The lowest BCUT2D eigenvalue weighted by atomic mass is 10.1. The van der Waals surface area contributed by atoms with E-state index in [1.165, 1.54) is 44.5 Å². The van der Waals surface area contributed by atoms with Crippen molar-refractivity contribution in [2.75, 3.05) is 0 Å². The number of allylic oxidation sites excluding steroid dienone is 1. The van der Waals surface area contributed by atoms with Gasteiger partial charge in [0.25, 0.3) is 0 Å². The van der Waals surface area contributed by atoms with E-state index in [0.717, 1.165) is 12.8 Å². The molecular weight excluding hydrogens is 372 g/mol. The normalized spacial score (nSPS) is 10.9. The number of rotatable bonds is 0. The second-order valence-electron chi connectivity index (χ2n) is 7.39. The lowest BCUT2D eigenvalue weighted by Gasteiger charge is -1.98. The average molecular weight is 403 g/mol. The molecule has 0 bridgehead atoms. The summed E-state index contributed by atoms with van der Waals surface area (Å²) >= 11 is 0. The molecule has 31 heavy (non-hydrogen) atoms. The molecule has 154 valence electrons. The fourth-order valence-corrected chi connectivity index (χ4v) is 4.16. The van der Waals surface area contributed by atoms with Gasteiger partial charge >= 0.3 is 0 Å². The Balaban J connectivity index is 0.000000146. The summed E-state index contributed by atoms with van der Waals surface area (Å²) in [5.74, 6) is 0. The van der Waals surface area contributed by atoms with Crippen molar-refractivity contribution in [1.82, 2.24) is 0 Å². The van der Waals surface area contributed by atoms with Gasteiger partial charge in [-0.15, -0.1) is 19.7 Å². The Kier molecular flexibility index (Phi) is 7.79. The third-order valence-electron chi connectivity index (χ3n) is 5.41. The maximum atomic E-state index is 3.36. The molecule has 0 N–H and O–H groups in total. The summed E-state index contributed by atoms with van der Waals surface area (Å²) in [5.41, 5.74) is 11.5. The predicted octanol–water partition coefficient (Wildman–Crippen LogP) is 8.51. The Bertz CT molecular complexity index is 974. The van der Waals surface area contributed by atoms with E-state index >= 15 is 0 Å². The van der Waals surface area contributed by atoms with Crippen molar-refractivity contribution in [3.05, 3.63) is 145 Å². The fraction of sp³-hybridized carbons (Fsp3) is 0.0968. The highest BCUT2D eigenvalue weighted by Gasteiger charge is 2.16. The van der Waals surface area contributed by atoms with Crippen molar-refractivity contribution in [1.29, 1.82) is 0 Å². The van der Waals surface area contributed by atoms with Crippen LogP contribution in [0, 0.1) is 0 Å². The van der Waals surface area contributed by atoms with Gasteiger partial charge in [-0.25, -0.2) is 0 Å². The summed E-state index contributed by atoms with van der Waals surface area (Å²) in [6.07, 6.45) is 3.96. The molecular formula is C31H30. The molecule has 0 aromatic heterocycles. The van der Waals surface area contributed by atoms with E-state index in [4.69, 9.17) is 0 Å². The summed E-state index contributed by atoms with van der Waals surface area (Å²) in [7, 11) is 0. The molecule has 0 aliphatic heterocycles. The molecule has 0 amide bonds. The summed E-state index contributed by atoms with van der Waals surface area (Å²) < 4.78 is 0. The Morgan fingerprint density at radius 2 is 0.677 bits per heavy atom. The minimum atomic E-state index is 1.10. The smallest absolute Gasteiger partial charge is 0.00135 e. The highest BCUT2D eigenvalue weighted by atomic mass is 14.2. The highest BCUT2D eigenvalue weighted by Crippen LogP contribution is 2.36. The first-order valence-corrected chi connectivity index (χ1v) is 10.7. The zero-order chi connectivity index (χ0) is 22.1. The summed E-state index contributed by atoms with van der Waals surface area (Å²) in [6.45, 7) is 11.2. The van der Waals surface area contributed by atoms with Crippen molar-refractivity contribution < 1.29 is 0 Å². The molecule has 0 heteroatoms. The van der Waals surface area contributed by atoms with Crippen LogP contribution >= 0.6 is 0 Å². The predicted molar refractivity (Wildman–Crippen MR) is 136 cm³/mol. The first kappa shape index (κ1) is 22.1. The fourth-order valence-electron chi connectivity index (χ4n) is 4.16. The maximum absolute atomic E-state index is 3.36. The first-order chi connectivity index (χ1) is 15.3. The zero-order valence-corrected chi connectivity index (χ0v) is 18.4. The highest BCUT2D eigenvalue weighted by molar-refractivity contribution is 5.77. The second-order valence-corrected chi connectivity index (χ2v) is 7.39. The molecule has 0 saturated heterocycles. The van der Waals surface area contributed by atoms with Crippen molar-refractivity contribution in [3.63, 3.8) is 0 Å².